The fourth-order valence-electron chi connectivity index (χ4n) is 2.20. The molecule has 0 bridgehead atoms. The summed E-state index contributed by atoms with van der Waals surface area (Å²) in [4.78, 5) is 27.7. The molecule has 0 atom stereocenters. The van der Waals surface area contributed by atoms with Crippen molar-refractivity contribution in [2.75, 3.05) is 10.6 Å². The number of benzene rings is 2. The number of aromatic nitrogens is 1. The molecule has 132 valence electrons. The third-order valence-electron chi connectivity index (χ3n) is 3.27. The van der Waals surface area contributed by atoms with Gasteiger partial charge in [-0.15, -0.1) is 0 Å². The lowest BCUT2D eigenvalue weighted by Crippen LogP contribution is -2.34. The highest BCUT2D eigenvalue weighted by Gasteiger charge is 2.12. The number of nitrogens with one attached hydrogen (secondary N) is 3. The van der Waals surface area contributed by atoms with E-state index in [0.29, 0.717) is 21.4 Å². The van der Waals surface area contributed by atoms with Gasteiger partial charge in [0.15, 0.2) is 10.2 Å². The first-order valence-electron chi connectivity index (χ1n) is 7.47. The molecule has 0 aliphatic heterocycles. The lowest BCUT2D eigenvalue weighted by Gasteiger charge is -2.08. The summed E-state index contributed by atoms with van der Waals surface area (Å²) in [6, 6.07) is 12.1. The number of carbonyl (C=O) groups is 2. The molecule has 9 heteroatoms. The molecule has 3 N–H and O–H groups in total. The summed E-state index contributed by atoms with van der Waals surface area (Å²) in [5.41, 5.74) is 1.78. The first-order valence-corrected chi connectivity index (χ1v) is 9.07. The number of carbonyl (C=O) groups excluding carboxylic acids is 2. The highest BCUT2D eigenvalue weighted by Crippen LogP contribution is 2.28. The highest BCUT2D eigenvalue weighted by atomic mass is 35.5. The van der Waals surface area contributed by atoms with Crippen molar-refractivity contribution in [1.29, 1.82) is 0 Å². The Bertz CT molecular complexity index is 1020. The van der Waals surface area contributed by atoms with Crippen LogP contribution in [0.25, 0.3) is 10.2 Å². The molecule has 0 aliphatic rings. The number of rotatable bonds is 3. The van der Waals surface area contributed by atoms with Gasteiger partial charge in [0.1, 0.15) is 0 Å². The van der Waals surface area contributed by atoms with Crippen LogP contribution in [0, 0.1) is 0 Å². The van der Waals surface area contributed by atoms with Crippen molar-refractivity contribution >= 4 is 73.1 Å². The molecular formula is C17H13ClN4O2S2. The zero-order valence-corrected chi connectivity index (χ0v) is 15.9. The second kappa shape index (κ2) is 7.77. The molecule has 0 saturated heterocycles. The van der Waals surface area contributed by atoms with Gasteiger partial charge in [0, 0.05) is 12.6 Å². The topological polar surface area (TPSA) is 83.1 Å². The van der Waals surface area contributed by atoms with Crippen LogP contribution in [0.4, 0.5) is 10.8 Å². The summed E-state index contributed by atoms with van der Waals surface area (Å²) in [6.45, 7) is 1.45. The fourth-order valence-corrected chi connectivity index (χ4v) is 3.59. The van der Waals surface area contributed by atoms with Crippen LogP contribution >= 0.6 is 35.2 Å². The summed E-state index contributed by atoms with van der Waals surface area (Å²) in [6.07, 6.45) is 0. The maximum Gasteiger partial charge on any atom is 0.258 e. The predicted molar refractivity (Wildman–Crippen MR) is 109 cm³/mol. The average Bonchev–Trinajstić information content (AvgIpc) is 2.95. The molecule has 6 nitrogen and oxygen atoms in total. The van der Waals surface area contributed by atoms with Crippen LogP contribution < -0.4 is 16.0 Å². The third-order valence-corrected chi connectivity index (χ3v) is 4.74. The van der Waals surface area contributed by atoms with Crippen LogP contribution in [-0.2, 0) is 4.79 Å². The molecule has 0 fully saturated rings. The van der Waals surface area contributed by atoms with Gasteiger partial charge in [0.05, 0.1) is 20.8 Å². The number of thiocarbonyl (C=S) groups is 1. The Morgan fingerprint density at radius 2 is 1.92 bits per heavy atom. The number of anilines is 2. The van der Waals surface area contributed by atoms with E-state index >= 15 is 0 Å². The number of fused-ring (bicyclic) bond motifs is 1. The summed E-state index contributed by atoms with van der Waals surface area (Å²) >= 11 is 12.5. The number of nitrogens with zero attached hydrogens (tertiary/aromatic N) is 1. The van der Waals surface area contributed by atoms with E-state index in [0.717, 1.165) is 10.2 Å². The van der Waals surface area contributed by atoms with Gasteiger partial charge in [0.2, 0.25) is 5.91 Å². The van der Waals surface area contributed by atoms with Crippen molar-refractivity contribution in [3.63, 3.8) is 0 Å². The summed E-state index contributed by atoms with van der Waals surface area (Å²) in [5, 5.41) is 9.18. The smallest absolute Gasteiger partial charge is 0.258 e. The largest absolute Gasteiger partial charge is 0.326 e. The molecular weight excluding hydrogens is 392 g/mol. The van der Waals surface area contributed by atoms with Crippen molar-refractivity contribution < 1.29 is 9.59 Å². The van der Waals surface area contributed by atoms with Crippen molar-refractivity contribution in [3.05, 3.63) is 53.1 Å². The number of hydrogen-bond acceptors (Lipinski definition) is 5. The maximum atomic E-state index is 12.2. The van der Waals surface area contributed by atoms with Gasteiger partial charge in [0.25, 0.3) is 5.91 Å². The van der Waals surface area contributed by atoms with Crippen LogP contribution in [0.2, 0.25) is 5.02 Å². The van der Waals surface area contributed by atoms with Gasteiger partial charge in [-0.3, -0.25) is 14.9 Å². The van der Waals surface area contributed by atoms with Crippen LogP contribution in [-0.4, -0.2) is 21.9 Å². The minimum atomic E-state index is -0.401. The first-order chi connectivity index (χ1) is 12.4. The number of thiazole rings is 1. The molecule has 1 aromatic heterocycles. The minimum Gasteiger partial charge on any atom is -0.326 e. The van der Waals surface area contributed by atoms with E-state index < -0.39 is 5.91 Å². The van der Waals surface area contributed by atoms with Crippen molar-refractivity contribution in [1.82, 2.24) is 10.3 Å². The molecule has 3 aromatic rings. The van der Waals surface area contributed by atoms with Crippen molar-refractivity contribution in [2.45, 2.75) is 6.92 Å². The molecule has 0 radical (unpaired) electrons. The molecule has 2 aromatic carbocycles. The molecule has 1 heterocycles. The molecule has 26 heavy (non-hydrogen) atoms. The standard InChI is InChI=1S/C17H13ClN4O2S2/c1-9(23)19-10-6-7-13-14(8-10)26-17(20-13)22-16(25)21-15(24)11-4-2-3-5-12(11)18/h2-8H,1H3,(H,19,23)(H2,20,21,22,24,25). The second-order valence-corrected chi connectivity index (χ2v) is 7.12. The van der Waals surface area contributed by atoms with Gasteiger partial charge in [-0.25, -0.2) is 4.98 Å². The van der Waals surface area contributed by atoms with E-state index in [2.05, 4.69) is 20.9 Å². The van der Waals surface area contributed by atoms with E-state index in [1.807, 2.05) is 6.07 Å². The Hall–Kier alpha value is -2.55. The Morgan fingerprint density at radius 3 is 2.65 bits per heavy atom. The zero-order chi connectivity index (χ0) is 18.7. The molecule has 0 aliphatic carbocycles. The van der Waals surface area contributed by atoms with Gasteiger partial charge < -0.3 is 10.6 Å². The normalized spacial score (nSPS) is 10.4. The molecule has 0 saturated carbocycles. The Balaban J connectivity index is 1.70. The second-order valence-electron chi connectivity index (χ2n) is 5.27. The van der Waals surface area contributed by atoms with Crippen molar-refractivity contribution in [3.8, 4) is 0 Å². The van der Waals surface area contributed by atoms with Crippen LogP contribution in [0.1, 0.15) is 17.3 Å². The van der Waals surface area contributed by atoms with E-state index in [1.165, 1.54) is 18.3 Å². The monoisotopic (exact) mass is 404 g/mol. The van der Waals surface area contributed by atoms with E-state index in [9.17, 15) is 9.59 Å². The Kier molecular flexibility index (Phi) is 5.46. The van der Waals surface area contributed by atoms with Gasteiger partial charge in [-0.1, -0.05) is 35.1 Å². The first kappa shape index (κ1) is 18.2. The fraction of sp³-hybridized carbons (Fsp3) is 0.0588. The lowest BCUT2D eigenvalue weighted by atomic mass is 10.2. The van der Waals surface area contributed by atoms with Gasteiger partial charge in [-0.2, -0.15) is 0 Å². The van der Waals surface area contributed by atoms with Gasteiger partial charge >= 0.3 is 0 Å². The van der Waals surface area contributed by atoms with Crippen LogP contribution in [0.15, 0.2) is 42.5 Å². The molecule has 0 unspecified atom stereocenters. The summed E-state index contributed by atoms with van der Waals surface area (Å²) < 4.78 is 0.874. The van der Waals surface area contributed by atoms with Crippen molar-refractivity contribution in [2.24, 2.45) is 0 Å². The Morgan fingerprint density at radius 1 is 1.15 bits per heavy atom. The number of hydrogen-bond donors (Lipinski definition) is 3. The van der Waals surface area contributed by atoms with E-state index in [4.69, 9.17) is 23.8 Å². The van der Waals surface area contributed by atoms with E-state index in [-0.39, 0.29) is 11.0 Å². The van der Waals surface area contributed by atoms with Crippen LogP contribution in [0.3, 0.4) is 0 Å². The lowest BCUT2D eigenvalue weighted by molar-refractivity contribution is -0.114. The molecule has 0 spiro atoms. The van der Waals surface area contributed by atoms with Crippen LogP contribution in [0.5, 0.6) is 0 Å². The number of amides is 2. The SMILES string of the molecule is CC(=O)Nc1ccc2nc(NC(=S)NC(=O)c3ccccc3Cl)sc2c1. The molecule has 2 amide bonds. The van der Waals surface area contributed by atoms with Gasteiger partial charge in [-0.05, 0) is 42.5 Å². The third kappa shape index (κ3) is 4.34. The van der Waals surface area contributed by atoms with E-state index in [1.54, 1.807) is 36.4 Å². The molecule has 3 rings (SSSR count). The summed E-state index contributed by atoms with van der Waals surface area (Å²) in [5.74, 6) is -0.544. The summed E-state index contributed by atoms with van der Waals surface area (Å²) in [7, 11) is 0. The minimum absolute atomic E-state index is 0.121. The predicted octanol–water partition coefficient (Wildman–Crippen LogP) is 4.03. The zero-order valence-electron chi connectivity index (χ0n) is 13.5. The highest BCUT2D eigenvalue weighted by molar-refractivity contribution is 7.80. The Labute approximate surface area is 163 Å². The average molecular weight is 405 g/mol. The quantitative estimate of drug-likeness (QED) is 0.574. The number of halogens is 1. The maximum absolute atomic E-state index is 12.2.